The van der Waals surface area contributed by atoms with E-state index in [1.807, 2.05) is 6.92 Å². The number of aromatic nitrogens is 4. The van der Waals surface area contributed by atoms with Crippen LogP contribution in [0.15, 0.2) is 36.7 Å². The topological polar surface area (TPSA) is 84.3 Å². The minimum absolute atomic E-state index is 0.0293. The molecule has 0 bridgehead atoms. The number of hydrogen-bond acceptors (Lipinski definition) is 7. The zero-order valence-electron chi connectivity index (χ0n) is 20.1. The summed E-state index contributed by atoms with van der Waals surface area (Å²) >= 11 is 0. The number of hydrogen-bond donors (Lipinski definition) is 1. The third kappa shape index (κ3) is 5.05. The van der Waals surface area contributed by atoms with Crippen LogP contribution in [0, 0.1) is 5.92 Å². The Morgan fingerprint density at radius 1 is 1.08 bits per heavy atom. The monoisotopic (exact) mass is 505 g/mol. The number of aromatic hydroxyl groups is 1. The molecule has 4 rings (SSSR count). The third-order valence-electron chi connectivity index (χ3n) is 6.74. The molecular weight excluding hydrogens is 478 g/mol. The van der Waals surface area contributed by atoms with Crippen molar-refractivity contribution in [3.63, 3.8) is 0 Å². The molecular formula is C25H27F4N5O2. The molecule has 192 valence electrons. The Hall–Kier alpha value is -3.50. The Balaban J connectivity index is 1.55. The van der Waals surface area contributed by atoms with Gasteiger partial charge in [-0.3, -0.25) is 0 Å². The van der Waals surface area contributed by atoms with Crippen LogP contribution >= 0.6 is 0 Å². The van der Waals surface area contributed by atoms with Crippen LogP contribution in [-0.4, -0.2) is 51.6 Å². The van der Waals surface area contributed by atoms with Gasteiger partial charge in [-0.05, 0) is 42.5 Å². The number of methoxy groups -OCH3 is 1. The van der Waals surface area contributed by atoms with Crippen molar-refractivity contribution in [3.8, 4) is 34.0 Å². The average Bonchev–Trinajstić information content (AvgIpc) is 2.87. The molecule has 11 heteroatoms. The third-order valence-corrected chi connectivity index (χ3v) is 6.74. The normalized spacial score (nSPS) is 20.2. The Labute approximate surface area is 206 Å². The molecule has 1 aliphatic carbocycles. The fourth-order valence-corrected chi connectivity index (χ4v) is 4.65. The van der Waals surface area contributed by atoms with E-state index in [-0.39, 0.29) is 23.5 Å². The Bertz CT molecular complexity index is 1210. The van der Waals surface area contributed by atoms with E-state index in [2.05, 4.69) is 20.2 Å². The molecule has 0 radical (unpaired) electrons. The van der Waals surface area contributed by atoms with Gasteiger partial charge in [0.2, 0.25) is 0 Å². The van der Waals surface area contributed by atoms with Gasteiger partial charge < -0.3 is 14.7 Å². The summed E-state index contributed by atoms with van der Waals surface area (Å²) in [5.74, 6) is 0.0146. The first kappa shape index (κ1) is 25.6. The predicted molar refractivity (Wildman–Crippen MR) is 126 cm³/mol. The van der Waals surface area contributed by atoms with Crippen molar-refractivity contribution < 1.29 is 27.4 Å². The lowest BCUT2D eigenvalue weighted by atomic mass is 9.82. The maximum absolute atomic E-state index is 14.9. The highest BCUT2D eigenvalue weighted by Gasteiger charge is 2.37. The van der Waals surface area contributed by atoms with Gasteiger partial charge in [-0.2, -0.15) is 13.2 Å². The highest BCUT2D eigenvalue weighted by molar-refractivity contribution is 5.73. The predicted octanol–water partition coefficient (Wildman–Crippen LogP) is 5.69. The lowest BCUT2D eigenvalue weighted by Gasteiger charge is -2.38. The van der Waals surface area contributed by atoms with E-state index in [4.69, 9.17) is 4.74 Å². The van der Waals surface area contributed by atoms with Gasteiger partial charge >= 0.3 is 6.18 Å². The molecule has 2 aromatic heterocycles. The smallest absolute Gasteiger partial charge is 0.437 e. The zero-order chi connectivity index (χ0) is 26.0. The quantitative estimate of drug-likeness (QED) is 0.431. The van der Waals surface area contributed by atoms with E-state index in [0.29, 0.717) is 22.5 Å². The summed E-state index contributed by atoms with van der Waals surface area (Å²) in [5, 5.41) is 18.9. The lowest BCUT2D eigenvalue weighted by molar-refractivity contribution is -0.142. The number of pyridine rings is 1. The molecule has 7 nitrogen and oxygen atoms in total. The maximum Gasteiger partial charge on any atom is 0.437 e. The van der Waals surface area contributed by atoms with Gasteiger partial charge in [-0.15, -0.1) is 10.2 Å². The molecule has 1 aromatic carbocycles. The molecule has 0 amide bonds. The van der Waals surface area contributed by atoms with Crippen LogP contribution in [0.1, 0.15) is 38.3 Å². The first-order valence-corrected chi connectivity index (χ1v) is 11.7. The fraction of sp³-hybridized carbons (Fsp3) is 0.440. The second-order valence-electron chi connectivity index (χ2n) is 8.87. The number of benzene rings is 1. The second kappa shape index (κ2) is 10.2. The van der Waals surface area contributed by atoms with Crippen LogP contribution in [-0.2, 0) is 6.18 Å². The van der Waals surface area contributed by atoms with Gasteiger partial charge in [-0.1, -0.05) is 25.8 Å². The number of halogens is 4. The van der Waals surface area contributed by atoms with Gasteiger partial charge in [0.1, 0.15) is 17.7 Å². The maximum atomic E-state index is 14.9. The number of alkyl halides is 4. The van der Waals surface area contributed by atoms with Crippen molar-refractivity contribution in [2.45, 2.75) is 51.0 Å². The van der Waals surface area contributed by atoms with E-state index >= 15 is 0 Å². The van der Waals surface area contributed by atoms with Crippen LogP contribution in [0.2, 0.25) is 0 Å². The van der Waals surface area contributed by atoms with Crippen LogP contribution in [0.4, 0.5) is 23.4 Å². The van der Waals surface area contributed by atoms with Gasteiger partial charge in [-0.25, -0.2) is 14.4 Å². The lowest BCUT2D eigenvalue weighted by Crippen LogP contribution is -2.45. The summed E-state index contributed by atoms with van der Waals surface area (Å²) < 4.78 is 59.1. The molecule has 2 heterocycles. The number of rotatable bonds is 6. The van der Waals surface area contributed by atoms with E-state index < -0.39 is 23.8 Å². The molecule has 3 aromatic rings. The first-order valence-electron chi connectivity index (χ1n) is 11.7. The van der Waals surface area contributed by atoms with Crippen molar-refractivity contribution in [1.29, 1.82) is 0 Å². The standard InChI is InChI=1S/C25H27F4N5O2/c1-4-14-6-5-7-18(22(14)26)34(2)21-13-31-24(33-32-21)17-9-8-15(10-19(17)35)16-11-20(36-3)23(30-12-16)25(27,28)29/h8-14,18,22,35H,4-7H2,1-3H3/t14-,18+,22-/m1/s1. The fourth-order valence-electron chi connectivity index (χ4n) is 4.65. The molecule has 0 saturated heterocycles. The van der Waals surface area contributed by atoms with E-state index in [0.717, 1.165) is 39.0 Å². The van der Waals surface area contributed by atoms with Crippen molar-refractivity contribution in [3.05, 3.63) is 42.4 Å². The van der Waals surface area contributed by atoms with Crippen LogP contribution in [0.25, 0.3) is 22.5 Å². The van der Waals surface area contributed by atoms with Gasteiger partial charge in [0.25, 0.3) is 0 Å². The molecule has 0 spiro atoms. The number of ether oxygens (including phenoxy) is 1. The highest BCUT2D eigenvalue weighted by Crippen LogP contribution is 2.38. The number of phenols is 1. The zero-order valence-corrected chi connectivity index (χ0v) is 20.1. The molecule has 0 aliphatic heterocycles. The molecule has 1 aliphatic rings. The van der Waals surface area contributed by atoms with Crippen LogP contribution in [0.3, 0.4) is 0 Å². The van der Waals surface area contributed by atoms with Gasteiger partial charge in [0, 0.05) is 18.8 Å². The molecule has 1 N–H and O–H groups in total. The summed E-state index contributed by atoms with van der Waals surface area (Å²) in [6, 6.07) is 5.43. The van der Waals surface area contributed by atoms with Crippen LogP contribution in [0.5, 0.6) is 11.5 Å². The Kier molecular flexibility index (Phi) is 7.28. The number of anilines is 1. The summed E-state index contributed by atoms with van der Waals surface area (Å²) in [5.41, 5.74) is -0.0794. The highest BCUT2D eigenvalue weighted by atomic mass is 19.4. The summed E-state index contributed by atoms with van der Waals surface area (Å²) in [6.45, 7) is 2.00. The van der Waals surface area contributed by atoms with Crippen molar-refractivity contribution in [2.75, 3.05) is 19.1 Å². The van der Waals surface area contributed by atoms with Gasteiger partial charge in [0.15, 0.2) is 17.3 Å². The molecule has 0 unspecified atom stereocenters. The number of nitrogens with zero attached hydrogens (tertiary/aromatic N) is 5. The number of phenolic OH excluding ortho intramolecular Hbond substituents is 1. The van der Waals surface area contributed by atoms with E-state index in [1.54, 1.807) is 24.1 Å². The Morgan fingerprint density at radius 2 is 1.86 bits per heavy atom. The summed E-state index contributed by atoms with van der Waals surface area (Å²) in [4.78, 5) is 9.56. The molecule has 36 heavy (non-hydrogen) atoms. The molecule has 1 fully saturated rings. The average molecular weight is 506 g/mol. The second-order valence-corrected chi connectivity index (χ2v) is 8.87. The van der Waals surface area contributed by atoms with E-state index in [9.17, 15) is 22.7 Å². The molecule has 3 atom stereocenters. The molecule has 1 saturated carbocycles. The van der Waals surface area contributed by atoms with Crippen molar-refractivity contribution >= 4 is 5.82 Å². The van der Waals surface area contributed by atoms with Crippen molar-refractivity contribution in [1.82, 2.24) is 20.2 Å². The summed E-state index contributed by atoms with van der Waals surface area (Å²) in [6.07, 6.45) is 0.300. The first-order chi connectivity index (χ1) is 17.1. The van der Waals surface area contributed by atoms with Crippen molar-refractivity contribution in [2.24, 2.45) is 5.92 Å². The minimum Gasteiger partial charge on any atom is -0.507 e. The largest absolute Gasteiger partial charge is 0.507 e. The van der Waals surface area contributed by atoms with E-state index in [1.165, 1.54) is 18.3 Å². The van der Waals surface area contributed by atoms with Gasteiger partial charge in [0.05, 0.1) is 24.9 Å². The van der Waals surface area contributed by atoms with Crippen LogP contribution < -0.4 is 9.64 Å². The SMILES string of the molecule is CC[C@@H]1CCC[C@H](N(C)c2cnc(-c3ccc(-c4cnc(C(F)(F)F)c(OC)c4)cc3O)nn2)[C@@H]1F. The summed E-state index contributed by atoms with van der Waals surface area (Å²) in [7, 11) is 2.91. The minimum atomic E-state index is -4.65. The Morgan fingerprint density at radius 3 is 2.47 bits per heavy atom.